The second kappa shape index (κ2) is 6.02. The summed E-state index contributed by atoms with van der Waals surface area (Å²) in [5, 5.41) is 3.81. The van der Waals surface area contributed by atoms with E-state index in [1.54, 1.807) is 18.2 Å². The van der Waals surface area contributed by atoms with Gasteiger partial charge in [0.1, 0.15) is 0 Å². The molecule has 2 atom stereocenters. The quantitative estimate of drug-likeness (QED) is 0.794. The number of anilines is 1. The number of urea groups is 1. The summed E-state index contributed by atoms with van der Waals surface area (Å²) in [4.78, 5) is 14.2. The zero-order chi connectivity index (χ0) is 14.0. The van der Waals surface area contributed by atoms with E-state index in [2.05, 4.69) is 19.2 Å². The van der Waals surface area contributed by atoms with E-state index >= 15 is 0 Å². The maximum absolute atomic E-state index is 12.3. The molecule has 0 bridgehead atoms. The first-order valence-electron chi connectivity index (χ1n) is 6.53. The molecule has 0 aliphatic carbocycles. The van der Waals surface area contributed by atoms with Gasteiger partial charge >= 0.3 is 6.03 Å². The number of piperidine rings is 1. The van der Waals surface area contributed by atoms with Crippen molar-refractivity contribution in [2.45, 2.75) is 45.2 Å². The minimum atomic E-state index is -0.0712. The van der Waals surface area contributed by atoms with Gasteiger partial charge in [-0.3, -0.25) is 0 Å². The van der Waals surface area contributed by atoms with Crippen LogP contribution in [-0.4, -0.2) is 23.0 Å². The van der Waals surface area contributed by atoms with Gasteiger partial charge in [0.15, 0.2) is 0 Å². The number of rotatable bonds is 1. The Balaban J connectivity index is 2.09. The molecule has 0 radical (unpaired) electrons. The van der Waals surface area contributed by atoms with Gasteiger partial charge in [-0.25, -0.2) is 4.79 Å². The Kier molecular flexibility index (Phi) is 4.58. The molecule has 0 aromatic heterocycles. The highest BCUT2D eigenvalue weighted by Gasteiger charge is 2.28. The van der Waals surface area contributed by atoms with E-state index in [4.69, 9.17) is 23.2 Å². The first-order chi connectivity index (χ1) is 8.99. The summed E-state index contributed by atoms with van der Waals surface area (Å²) in [7, 11) is 0. The monoisotopic (exact) mass is 300 g/mol. The fourth-order valence-corrected chi connectivity index (χ4v) is 2.88. The lowest BCUT2D eigenvalue weighted by atomic mass is 9.98. The molecule has 1 saturated heterocycles. The average molecular weight is 301 g/mol. The molecule has 1 aromatic carbocycles. The van der Waals surface area contributed by atoms with Crippen LogP contribution >= 0.6 is 23.2 Å². The minimum absolute atomic E-state index is 0.0712. The number of amides is 2. The largest absolute Gasteiger partial charge is 0.322 e. The van der Waals surface area contributed by atoms with E-state index in [9.17, 15) is 4.79 Å². The van der Waals surface area contributed by atoms with Crippen molar-refractivity contribution in [2.24, 2.45) is 0 Å². The molecule has 1 fully saturated rings. The summed E-state index contributed by atoms with van der Waals surface area (Å²) in [6.07, 6.45) is 3.29. The van der Waals surface area contributed by atoms with Crippen LogP contribution in [0.1, 0.15) is 33.1 Å². The summed E-state index contributed by atoms with van der Waals surface area (Å²) in [6, 6.07) is 5.57. The summed E-state index contributed by atoms with van der Waals surface area (Å²) in [5.74, 6) is 0. The summed E-state index contributed by atoms with van der Waals surface area (Å²) >= 11 is 11.8. The van der Waals surface area contributed by atoms with Crippen LogP contribution in [0.25, 0.3) is 0 Å². The second-order valence-corrected chi connectivity index (χ2v) is 5.91. The molecule has 104 valence electrons. The van der Waals surface area contributed by atoms with E-state index in [0.717, 1.165) is 12.8 Å². The van der Waals surface area contributed by atoms with Gasteiger partial charge in [-0.1, -0.05) is 23.2 Å². The third-order valence-electron chi connectivity index (χ3n) is 3.60. The van der Waals surface area contributed by atoms with Crippen LogP contribution in [0.3, 0.4) is 0 Å². The van der Waals surface area contributed by atoms with Crippen LogP contribution in [0.5, 0.6) is 0 Å². The molecule has 2 amide bonds. The molecule has 0 spiro atoms. The maximum atomic E-state index is 12.3. The molecule has 1 aliphatic rings. The highest BCUT2D eigenvalue weighted by atomic mass is 35.5. The minimum Gasteiger partial charge on any atom is -0.319 e. The number of likely N-dealkylation sites (tertiary alicyclic amines) is 1. The number of halogens is 2. The zero-order valence-electron chi connectivity index (χ0n) is 11.1. The lowest BCUT2D eigenvalue weighted by Crippen LogP contribution is -2.49. The molecule has 2 rings (SSSR count). The van der Waals surface area contributed by atoms with E-state index in [1.165, 1.54) is 6.42 Å². The highest BCUT2D eigenvalue weighted by Crippen LogP contribution is 2.27. The van der Waals surface area contributed by atoms with Crippen molar-refractivity contribution in [3.05, 3.63) is 28.2 Å². The van der Waals surface area contributed by atoms with Crippen molar-refractivity contribution in [3.63, 3.8) is 0 Å². The number of nitrogens with one attached hydrogen (secondary N) is 1. The van der Waals surface area contributed by atoms with E-state index < -0.39 is 0 Å². The van der Waals surface area contributed by atoms with Crippen LogP contribution in [0.2, 0.25) is 10.0 Å². The van der Waals surface area contributed by atoms with Gasteiger partial charge in [0.25, 0.3) is 0 Å². The molecule has 0 unspecified atom stereocenters. The van der Waals surface area contributed by atoms with Crippen LogP contribution in [0.4, 0.5) is 10.5 Å². The number of carbonyl (C=O) groups excluding carboxylic acids is 1. The number of hydrogen-bond acceptors (Lipinski definition) is 1. The molecular formula is C14H18Cl2N2O. The van der Waals surface area contributed by atoms with Gasteiger partial charge in [-0.05, 0) is 51.3 Å². The normalized spacial score (nSPS) is 23.3. The molecule has 19 heavy (non-hydrogen) atoms. The number of carbonyl (C=O) groups is 1. The standard InChI is InChI=1S/C14H18Cl2N2O/c1-9-4-3-5-10(2)18(9)14(19)17-11-6-7-12(15)13(16)8-11/h6-10H,3-5H2,1-2H3,(H,17,19)/t9-,10-/m1/s1. The summed E-state index contributed by atoms with van der Waals surface area (Å²) in [5.41, 5.74) is 0.671. The third kappa shape index (κ3) is 3.34. The Labute approximate surface area is 123 Å². The second-order valence-electron chi connectivity index (χ2n) is 5.10. The average Bonchev–Trinajstić information content (AvgIpc) is 2.33. The molecule has 0 saturated carbocycles. The Morgan fingerprint density at radius 2 is 1.84 bits per heavy atom. The van der Waals surface area contributed by atoms with Crippen molar-refractivity contribution in [2.75, 3.05) is 5.32 Å². The predicted molar refractivity (Wildman–Crippen MR) is 80.1 cm³/mol. The van der Waals surface area contributed by atoms with Crippen LogP contribution in [-0.2, 0) is 0 Å². The maximum Gasteiger partial charge on any atom is 0.322 e. The topological polar surface area (TPSA) is 32.3 Å². The number of hydrogen-bond donors (Lipinski definition) is 1. The molecule has 1 aliphatic heterocycles. The van der Waals surface area contributed by atoms with Crippen molar-refractivity contribution >= 4 is 34.9 Å². The summed E-state index contributed by atoms with van der Waals surface area (Å²) < 4.78 is 0. The number of nitrogens with zero attached hydrogens (tertiary/aromatic N) is 1. The first kappa shape index (κ1) is 14.5. The molecule has 3 nitrogen and oxygen atoms in total. The van der Waals surface area contributed by atoms with Crippen LogP contribution in [0, 0.1) is 0 Å². The molecule has 1 heterocycles. The van der Waals surface area contributed by atoms with Crippen molar-refractivity contribution in [3.8, 4) is 0 Å². The summed E-state index contributed by atoms with van der Waals surface area (Å²) in [6.45, 7) is 4.17. The Morgan fingerprint density at radius 1 is 1.21 bits per heavy atom. The Morgan fingerprint density at radius 3 is 2.42 bits per heavy atom. The first-order valence-corrected chi connectivity index (χ1v) is 7.29. The predicted octanol–water partition coefficient (Wildman–Crippen LogP) is 4.79. The van der Waals surface area contributed by atoms with Crippen molar-refractivity contribution in [1.82, 2.24) is 4.90 Å². The van der Waals surface area contributed by atoms with E-state index in [-0.39, 0.29) is 18.1 Å². The van der Waals surface area contributed by atoms with Gasteiger partial charge in [0, 0.05) is 17.8 Å². The smallest absolute Gasteiger partial charge is 0.319 e. The van der Waals surface area contributed by atoms with Crippen molar-refractivity contribution in [1.29, 1.82) is 0 Å². The molecule has 5 heteroatoms. The van der Waals surface area contributed by atoms with Gasteiger partial charge in [-0.15, -0.1) is 0 Å². The van der Waals surface area contributed by atoms with Crippen LogP contribution < -0.4 is 5.32 Å². The fraction of sp³-hybridized carbons (Fsp3) is 0.500. The van der Waals surface area contributed by atoms with Crippen molar-refractivity contribution < 1.29 is 4.79 Å². The van der Waals surface area contributed by atoms with E-state index in [0.29, 0.717) is 15.7 Å². The zero-order valence-corrected chi connectivity index (χ0v) is 12.6. The molecule has 1 aromatic rings. The third-order valence-corrected chi connectivity index (χ3v) is 4.34. The highest BCUT2D eigenvalue weighted by molar-refractivity contribution is 6.42. The van der Waals surface area contributed by atoms with Gasteiger partial charge in [0.2, 0.25) is 0 Å². The lowest BCUT2D eigenvalue weighted by Gasteiger charge is -2.38. The molecular weight excluding hydrogens is 283 g/mol. The van der Waals surface area contributed by atoms with E-state index in [1.807, 2.05) is 4.90 Å². The lowest BCUT2D eigenvalue weighted by molar-refractivity contribution is 0.133. The van der Waals surface area contributed by atoms with Gasteiger partial charge in [0.05, 0.1) is 10.0 Å². The van der Waals surface area contributed by atoms with Gasteiger partial charge in [-0.2, -0.15) is 0 Å². The van der Waals surface area contributed by atoms with Crippen LogP contribution in [0.15, 0.2) is 18.2 Å². The SMILES string of the molecule is C[C@@H]1CCC[C@@H](C)N1C(=O)Nc1ccc(Cl)c(Cl)c1. The Bertz CT molecular complexity index is 469. The molecule has 1 N–H and O–H groups in total. The Hall–Kier alpha value is -0.930. The number of benzene rings is 1. The van der Waals surface area contributed by atoms with Gasteiger partial charge < -0.3 is 10.2 Å². The fourth-order valence-electron chi connectivity index (χ4n) is 2.58.